The van der Waals surface area contributed by atoms with Gasteiger partial charge in [-0.05, 0) is 12.1 Å². The van der Waals surface area contributed by atoms with E-state index in [1.807, 2.05) is 0 Å². The molecule has 0 saturated heterocycles. The topological polar surface area (TPSA) is 29.1 Å². The zero-order valence-corrected chi connectivity index (χ0v) is 9.05. The summed E-state index contributed by atoms with van der Waals surface area (Å²) in [5.74, 6) is -1.42. The van der Waals surface area contributed by atoms with Crippen LogP contribution < -0.4 is 5.32 Å². The number of alkyl halides is 1. The van der Waals surface area contributed by atoms with E-state index in [4.69, 9.17) is 34.8 Å². The fourth-order valence-corrected chi connectivity index (χ4v) is 1.18. The van der Waals surface area contributed by atoms with Crippen molar-refractivity contribution < 1.29 is 9.18 Å². The molecule has 1 aromatic rings. The lowest BCUT2D eigenvalue weighted by Crippen LogP contribution is -2.13. The second-order valence-electron chi connectivity index (χ2n) is 2.43. The Morgan fingerprint density at radius 2 is 1.93 bits per heavy atom. The van der Waals surface area contributed by atoms with Gasteiger partial charge in [-0.25, -0.2) is 4.39 Å². The van der Waals surface area contributed by atoms with Crippen molar-refractivity contribution in [3.63, 3.8) is 0 Å². The molecule has 0 saturated carbocycles. The maximum Gasteiger partial charge on any atom is 0.239 e. The van der Waals surface area contributed by atoms with Gasteiger partial charge in [-0.2, -0.15) is 0 Å². The van der Waals surface area contributed by atoms with Crippen LogP contribution >= 0.6 is 34.8 Å². The van der Waals surface area contributed by atoms with Crippen LogP contribution in [0.5, 0.6) is 0 Å². The number of halogens is 4. The van der Waals surface area contributed by atoms with Crippen molar-refractivity contribution in [3.05, 3.63) is 28.0 Å². The summed E-state index contributed by atoms with van der Waals surface area (Å²) >= 11 is 16.4. The van der Waals surface area contributed by atoms with Gasteiger partial charge in [0.2, 0.25) is 5.91 Å². The summed E-state index contributed by atoms with van der Waals surface area (Å²) in [4.78, 5) is 10.8. The summed E-state index contributed by atoms with van der Waals surface area (Å²) < 4.78 is 13.1. The SMILES string of the molecule is O=C(CCl)Nc1cc(Cl)c(Cl)cc1F. The van der Waals surface area contributed by atoms with Gasteiger partial charge >= 0.3 is 0 Å². The van der Waals surface area contributed by atoms with Crippen LogP contribution in [0.3, 0.4) is 0 Å². The lowest BCUT2D eigenvalue weighted by molar-refractivity contribution is -0.113. The second-order valence-corrected chi connectivity index (χ2v) is 3.51. The first-order valence-corrected chi connectivity index (χ1v) is 4.84. The Hall–Kier alpha value is -0.510. The quantitative estimate of drug-likeness (QED) is 0.638. The molecule has 6 heteroatoms. The standard InChI is InChI=1S/C8H5Cl3FNO/c9-3-8(14)13-7-2-5(11)4(10)1-6(7)12/h1-2H,3H2,(H,13,14). The molecule has 1 amide bonds. The molecule has 0 aliphatic carbocycles. The predicted octanol–water partition coefficient (Wildman–Crippen LogP) is 3.31. The van der Waals surface area contributed by atoms with Gasteiger partial charge in [-0.1, -0.05) is 23.2 Å². The van der Waals surface area contributed by atoms with Crippen LogP contribution in [0.15, 0.2) is 12.1 Å². The molecule has 0 unspecified atom stereocenters. The fourth-order valence-electron chi connectivity index (χ4n) is 0.802. The fraction of sp³-hybridized carbons (Fsp3) is 0.125. The Labute approximate surface area is 94.9 Å². The first-order valence-electron chi connectivity index (χ1n) is 3.55. The maximum atomic E-state index is 13.1. The molecule has 0 aromatic heterocycles. The number of nitrogens with one attached hydrogen (secondary N) is 1. The summed E-state index contributed by atoms with van der Waals surface area (Å²) in [6.45, 7) is 0. The van der Waals surface area contributed by atoms with Crippen LogP contribution in [-0.4, -0.2) is 11.8 Å². The third kappa shape index (κ3) is 2.74. The average Bonchev–Trinajstić information content (AvgIpc) is 2.14. The summed E-state index contributed by atoms with van der Waals surface area (Å²) in [6, 6.07) is 2.25. The van der Waals surface area contributed by atoms with Gasteiger partial charge in [0.1, 0.15) is 11.7 Å². The normalized spacial score (nSPS) is 10.0. The van der Waals surface area contributed by atoms with Crippen molar-refractivity contribution in [3.8, 4) is 0 Å². The largest absolute Gasteiger partial charge is 0.323 e. The minimum atomic E-state index is -0.655. The smallest absolute Gasteiger partial charge is 0.239 e. The van der Waals surface area contributed by atoms with Gasteiger partial charge in [0, 0.05) is 0 Å². The van der Waals surface area contributed by atoms with Gasteiger partial charge in [0.15, 0.2) is 0 Å². The highest BCUT2D eigenvalue weighted by molar-refractivity contribution is 6.42. The van der Waals surface area contributed by atoms with Crippen LogP contribution in [0, 0.1) is 5.82 Å². The van der Waals surface area contributed by atoms with Crippen molar-refractivity contribution >= 4 is 46.4 Å². The summed E-state index contributed by atoms with van der Waals surface area (Å²) in [7, 11) is 0. The zero-order chi connectivity index (χ0) is 10.7. The Balaban J connectivity index is 2.98. The van der Waals surface area contributed by atoms with Crippen LogP contribution in [0.25, 0.3) is 0 Å². The molecule has 0 aliphatic rings. The predicted molar refractivity (Wildman–Crippen MR) is 55.8 cm³/mol. The van der Waals surface area contributed by atoms with E-state index in [1.54, 1.807) is 0 Å². The second kappa shape index (κ2) is 4.82. The molecule has 0 radical (unpaired) electrons. The number of hydrogen-bond acceptors (Lipinski definition) is 1. The van der Waals surface area contributed by atoms with E-state index in [0.29, 0.717) is 0 Å². The van der Waals surface area contributed by atoms with E-state index in [1.165, 1.54) is 6.07 Å². The Bertz CT molecular complexity index is 370. The highest BCUT2D eigenvalue weighted by Gasteiger charge is 2.09. The molecular formula is C8H5Cl3FNO. The summed E-state index contributed by atoms with van der Waals surface area (Å²) in [6.07, 6.45) is 0. The number of carbonyl (C=O) groups is 1. The Morgan fingerprint density at radius 1 is 1.36 bits per heavy atom. The molecular weight excluding hydrogens is 251 g/mol. The van der Waals surface area contributed by atoms with E-state index in [9.17, 15) is 9.18 Å². The molecule has 1 aromatic carbocycles. The first kappa shape index (κ1) is 11.6. The molecule has 1 N–H and O–H groups in total. The minimum absolute atomic E-state index is 0.0370. The number of hydrogen-bond donors (Lipinski definition) is 1. The van der Waals surface area contributed by atoms with Gasteiger partial charge < -0.3 is 5.32 Å². The molecule has 0 spiro atoms. The van der Waals surface area contributed by atoms with Gasteiger partial charge in [0.25, 0.3) is 0 Å². The van der Waals surface area contributed by atoms with Crippen molar-refractivity contribution in [2.75, 3.05) is 11.2 Å². The third-order valence-electron chi connectivity index (χ3n) is 1.41. The van der Waals surface area contributed by atoms with E-state index >= 15 is 0 Å². The van der Waals surface area contributed by atoms with Gasteiger partial charge in [-0.3, -0.25) is 4.79 Å². The average molecular weight is 256 g/mol. The van der Waals surface area contributed by atoms with Crippen LogP contribution in [-0.2, 0) is 4.79 Å². The van der Waals surface area contributed by atoms with E-state index in [-0.39, 0.29) is 21.6 Å². The molecule has 0 fully saturated rings. The first-order chi connectivity index (χ1) is 6.54. The Morgan fingerprint density at radius 3 is 2.50 bits per heavy atom. The van der Waals surface area contributed by atoms with Crippen molar-refractivity contribution in [1.82, 2.24) is 0 Å². The number of amides is 1. The molecule has 1 rings (SSSR count). The van der Waals surface area contributed by atoms with Crippen molar-refractivity contribution in [2.24, 2.45) is 0 Å². The molecule has 0 bridgehead atoms. The Kier molecular flexibility index (Phi) is 3.98. The van der Waals surface area contributed by atoms with Gasteiger partial charge in [-0.15, -0.1) is 11.6 Å². The molecule has 14 heavy (non-hydrogen) atoms. The molecule has 0 atom stereocenters. The maximum absolute atomic E-state index is 13.1. The minimum Gasteiger partial charge on any atom is -0.323 e. The van der Waals surface area contributed by atoms with Crippen molar-refractivity contribution in [1.29, 1.82) is 0 Å². The summed E-state index contributed by atoms with van der Waals surface area (Å²) in [5.41, 5.74) is -0.0370. The number of carbonyl (C=O) groups excluding carboxylic acids is 1. The lowest BCUT2D eigenvalue weighted by atomic mass is 10.3. The van der Waals surface area contributed by atoms with Crippen LogP contribution in [0.4, 0.5) is 10.1 Å². The monoisotopic (exact) mass is 255 g/mol. The number of anilines is 1. The zero-order valence-electron chi connectivity index (χ0n) is 6.78. The van der Waals surface area contributed by atoms with E-state index in [2.05, 4.69) is 5.32 Å². The van der Waals surface area contributed by atoms with E-state index < -0.39 is 11.7 Å². The third-order valence-corrected chi connectivity index (χ3v) is 2.37. The summed E-state index contributed by atoms with van der Waals surface area (Å²) in [5, 5.41) is 2.49. The molecule has 0 aliphatic heterocycles. The molecule has 2 nitrogen and oxygen atoms in total. The highest BCUT2D eigenvalue weighted by atomic mass is 35.5. The lowest BCUT2D eigenvalue weighted by Gasteiger charge is -2.05. The molecule has 0 heterocycles. The van der Waals surface area contributed by atoms with E-state index in [0.717, 1.165) is 6.07 Å². The molecule has 76 valence electrons. The van der Waals surface area contributed by atoms with Gasteiger partial charge in [0.05, 0.1) is 15.7 Å². The highest BCUT2D eigenvalue weighted by Crippen LogP contribution is 2.27. The number of rotatable bonds is 2. The van der Waals surface area contributed by atoms with Crippen LogP contribution in [0.1, 0.15) is 0 Å². The van der Waals surface area contributed by atoms with Crippen molar-refractivity contribution in [2.45, 2.75) is 0 Å². The van der Waals surface area contributed by atoms with Crippen LogP contribution in [0.2, 0.25) is 10.0 Å². The number of benzene rings is 1.